The second-order valence-corrected chi connectivity index (χ2v) is 5.86. The number of hydrogen-bond donors (Lipinski definition) is 2. The molecule has 2 atom stereocenters. The number of nitrogens with zero attached hydrogens (tertiary/aromatic N) is 1. The van der Waals surface area contributed by atoms with Crippen molar-refractivity contribution in [2.45, 2.75) is 57.2 Å². The van der Waals surface area contributed by atoms with Crippen LogP contribution in [-0.4, -0.2) is 29.0 Å². The Labute approximate surface area is 114 Å². The quantitative estimate of drug-likeness (QED) is 0.861. The first-order valence-corrected chi connectivity index (χ1v) is 7.16. The van der Waals surface area contributed by atoms with Gasteiger partial charge in [0.2, 0.25) is 5.91 Å². The number of rotatable bonds is 3. The third kappa shape index (κ3) is 3.13. The van der Waals surface area contributed by atoms with E-state index in [2.05, 4.69) is 15.6 Å². The zero-order chi connectivity index (χ0) is 13.2. The highest BCUT2D eigenvalue weighted by Gasteiger charge is 2.33. The predicted octanol–water partition coefficient (Wildman–Crippen LogP) is 1.33. The molecule has 0 spiro atoms. The first-order chi connectivity index (χ1) is 9.19. The predicted molar refractivity (Wildman–Crippen MR) is 73.8 cm³/mol. The van der Waals surface area contributed by atoms with Crippen molar-refractivity contribution in [1.82, 2.24) is 15.6 Å². The monoisotopic (exact) mass is 259 g/mol. The minimum absolute atomic E-state index is 0.122. The van der Waals surface area contributed by atoms with Crippen molar-refractivity contribution in [2.24, 2.45) is 0 Å². The van der Waals surface area contributed by atoms with Crippen LogP contribution in [-0.2, 0) is 11.2 Å². The minimum atomic E-state index is 0.122. The van der Waals surface area contributed by atoms with Crippen LogP contribution < -0.4 is 10.6 Å². The molecule has 3 rings (SSSR count). The molecule has 2 N–H and O–H groups in total. The molecule has 4 heteroatoms. The van der Waals surface area contributed by atoms with Crippen LogP contribution in [0, 0.1) is 6.92 Å². The largest absolute Gasteiger partial charge is 0.353 e. The van der Waals surface area contributed by atoms with Gasteiger partial charge in [0.25, 0.3) is 0 Å². The van der Waals surface area contributed by atoms with Gasteiger partial charge in [0.1, 0.15) is 0 Å². The third-order valence-electron chi connectivity index (χ3n) is 4.18. The summed E-state index contributed by atoms with van der Waals surface area (Å²) in [5.74, 6) is 0.122. The summed E-state index contributed by atoms with van der Waals surface area (Å²) in [6.07, 6.45) is 6.91. The highest BCUT2D eigenvalue weighted by Crippen LogP contribution is 2.26. The Bertz CT molecular complexity index is 445. The first-order valence-electron chi connectivity index (χ1n) is 7.16. The lowest BCUT2D eigenvalue weighted by atomic mass is 9.99. The summed E-state index contributed by atoms with van der Waals surface area (Å²) >= 11 is 0. The van der Waals surface area contributed by atoms with Crippen LogP contribution in [0.1, 0.15) is 36.9 Å². The molecule has 2 unspecified atom stereocenters. The van der Waals surface area contributed by atoms with Gasteiger partial charge < -0.3 is 10.6 Å². The van der Waals surface area contributed by atoms with Gasteiger partial charge in [-0.2, -0.15) is 0 Å². The number of aryl methyl sites for hydroxylation is 1. The molecule has 3 heterocycles. The summed E-state index contributed by atoms with van der Waals surface area (Å²) < 4.78 is 0. The second-order valence-electron chi connectivity index (χ2n) is 5.86. The average molecular weight is 259 g/mol. The van der Waals surface area contributed by atoms with E-state index >= 15 is 0 Å². The number of piperidine rings is 1. The van der Waals surface area contributed by atoms with E-state index in [1.165, 1.54) is 12.8 Å². The van der Waals surface area contributed by atoms with Crippen molar-refractivity contribution in [2.75, 3.05) is 0 Å². The highest BCUT2D eigenvalue weighted by molar-refractivity contribution is 5.78. The molecule has 19 heavy (non-hydrogen) atoms. The summed E-state index contributed by atoms with van der Waals surface area (Å²) in [4.78, 5) is 16.3. The number of hydrogen-bond acceptors (Lipinski definition) is 3. The van der Waals surface area contributed by atoms with E-state index < -0.39 is 0 Å². The van der Waals surface area contributed by atoms with Crippen LogP contribution in [0.4, 0.5) is 0 Å². The van der Waals surface area contributed by atoms with Gasteiger partial charge in [-0.3, -0.25) is 9.78 Å². The maximum absolute atomic E-state index is 12.0. The van der Waals surface area contributed by atoms with Gasteiger partial charge in [0.05, 0.1) is 6.42 Å². The molecule has 1 aromatic rings. The first kappa shape index (κ1) is 12.6. The maximum atomic E-state index is 12.0. The Balaban J connectivity index is 1.52. The molecule has 2 bridgehead atoms. The van der Waals surface area contributed by atoms with E-state index in [4.69, 9.17) is 0 Å². The Morgan fingerprint density at radius 3 is 2.74 bits per heavy atom. The maximum Gasteiger partial charge on any atom is 0.224 e. The van der Waals surface area contributed by atoms with E-state index in [9.17, 15) is 4.79 Å². The van der Waals surface area contributed by atoms with Gasteiger partial charge in [-0.1, -0.05) is 6.07 Å². The zero-order valence-corrected chi connectivity index (χ0v) is 11.4. The molecule has 2 fully saturated rings. The van der Waals surface area contributed by atoms with Gasteiger partial charge in [-0.15, -0.1) is 0 Å². The minimum Gasteiger partial charge on any atom is -0.353 e. The fraction of sp³-hybridized carbons (Fsp3) is 0.600. The SMILES string of the molecule is Cc1ccc(CC(=O)NC2CC3CCC(C2)N3)cn1. The Morgan fingerprint density at radius 2 is 2.11 bits per heavy atom. The van der Waals surface area contributed by atoms with Crippen LogP contribution in [0.5, 0.6) is 0 Å². The van der Waals surface area contributed by atoms with Crippen molar-refractivity contribution in [3.05, 3.63) is 29.6 Å². The molecule has 2 aliphatic heterocycles. The van der Waals surface area contributed by atoms with E-state index in [1.54, 1.807) is 6.20 Å². The summed E-state index contributed by atoms with van der Waals surface area (Å²) in [7, 11) is 0. The molecule has 0 aliphatic carbocycles. The molecule has 102 valence electrons. The molecular weight excluding hydrogens is 238 g/mol. The van der Waals surface area contributed by atoms with Crippen LogP contribution >= 0.6 is 0 Å². The third-order valence-corrected chi connectivity index (χ3v) is 4.18. The molecular formula is C15H21N3O. The van der Waals surface area contributed by atoms with Crippen LogP contribution in [0.3, 0.4) is 0 Å². The van der Waals surface area contributed by atoms with Crippen molar-refractivity contribution < 1.29 is 4.79 Å². The summed E-state index contributed by atoms with van der Waals surface area (Å²) in [5, 5.41) is 6.76. The lowest BCUT2D eigenvalue weighted by Crippen LogP contribution is -2.48. The molecule has 2 aliphatic rings. The molecule has 4 nitrogen and oxygen atoms in total. The summed E-state index contributed by atoms with van der Waals surface area (Å²) in [5.41, 5.74) is 1.97. The van der Waals surface area contributed by atoms with Crippen LogP contribution in [0.25, 0.3) is 0 Å². The highest BCUT2D eigenvalue weighted by atomic mass is 16.1. The number of nitrogens with one attached hydrogen (secondary N) is 2. The zero-order valence-electron chi connectivity index (χ0n) is 11.4. The van der Waals surface area contributed by atoms with Crippen molar-refractivity contribution >= 4 is 5.91 Å². The Morgan fingerprint density at radius 1 is 1.37 bits per heavy atom. The fourth-order valence-electron chi connectivity index (χ4n) is 3.24. The number of pyridine rings is 1. The second kappa shape index (κ2) is 5.29. The molecule has 0 aromatic carbocycles. The van der Waals surface area contributed by atoms with Crippen molar-refractivity contribution in [1.29, 1.82) is 0 Å². The molecule has 2 saturated heterocycles. The van der Waals surface area contributed by atoms with Gasteiger partial charge in [-0.25, -0.2) is 0 Å². The van der Waals surface area contributed by atoms with Crippen molar-refractivity contribution in [3.63, 3.8) is 0 Å². The van der Waals surface area contributed by atoms with Crippen LogP contribution in [0.2, 0.25) is 0 Å². The normalized spacial score (nSPS) is 29.2. The van der Waals surface area contributed by atoms with E-state index in [-0.39, 0.29) is 5.91 Å². The fourth-order valence-corrected chi connectivity index (χ4v) is 3.24. The van der Waals surface area contributed by atoms with Gasteiger partial charge in [0, 0.05) is 30.0 Å². The van der Waals surface area contributed by atoms with Gasteiger partial charge >= 0.3 is 0 Å². The topological polar surface area (TPSA) is 54.0 Å². The number of fused-ring (bicyclic) bond motifs is 2. The number of aromatic nitrogens is 1. The summed E-state index contributed by atoms with van der Waals surface area (Å²) in [6.45, 7) is 1.95. The van der Waals surface area contributed by atoms with Crippen molar-refractivity contribution in [3.8, 4) is 0 Å². The van der Waals surface area contributed by atoms with Crippen LogP contribution in [0.15, 0.2) is 18.3 Å². The van der Waals surface area contributed by atoms with E-state index in [0.717, 1.165) is 24.1 Å². The Kier molecular flexibility index (Phi) is 3.51. The molecule has 1 amide bonds. The molecule has 1 aromatic heterocycles. The standard InChI is InChI=1S/C15H21N3O/c1-10-2-3-11(9-16-10)6-15(19)18-14-7-12-4-5-13(8-14)17-12/h2-3,9,12-14,17H,4-8H2,1H3,(H,18,19). The lowest BCUT2D eigenvalue weighted by molar-refractivity contribution is -0.121. The number of amides is 1. The smallest absolute Gasteiger partial charge is 0.224 e. The lowest BCUT2D eigenvalue weighted by Gasteiger charge is -2.29. The van der Waals surface area contributed by atoms with E-state index in [0.29, 0.717) is 24.5 Å². The molecule has 0 radical (unpaired) electrons. The average Bonchev–Trinajstić information content (AvgIpc) is 2.72. The summed E-state index contributed by atoms with van der Waals surface area (Å²) in [6, 6.07) is 5.52. The van der Waals surface area contributed by atoms with E-state index in [1.807, 2.05) is 19.1 Å². The van der Waals surface area contributed by atoms with Gasteiger partial charge in [-0.05, 0) is 44.2 Å². The van der Waals surface area contributed by atoms with Gasteiger partial charge in [0.15, 0.2) is 0 Å². The Hall–Kier alpha value is -1.42. The number of carbonyl (C=O) groups excluding carboxylic acids is 1. The molecule has 0 saturated carbocycles. The number of carbonyl (C=O) groups is 1.